The third-order valence-electron chi connectivity index (χ3n) is 3.14. The highest BCUT2D eigenvalue weighted by Gasteiger charge is 2.07. The van der Waals surface area contributed by atoms with Gasteiger partial charge in [-0.1, -0.05) is 15.9 Å². The first-order valence-corrected chi connectivity index (χ1v) is 8.82. The van der Waals surface area contributed by atoms with Crippen LogP contribution in [-0.2, 0) is 4.79 Å². The van der Waals surface area contributed by atoms with Gasteiger partial charge in [-0.05, 0) is 61.9 Å². The molecule has 1 amide bonds. The van der Waals surface area contributed by atoms with Crippen LogP contribution < -0.4 is 19.6 Å². The largest absolute Gasteiger partial charge is 0.493 e. The Balaban J connectivity index is 1.86. The second-order valence-corrected chi connectivity index (χ2v) is 6.53. The lowest BCUT2D eigenvalue weighted by Gasteiger charge is -2.13. The zero-order valence-corrected chi connectivity index (χ0v) is 16.4. The second-order valence-electron chi connectivity index (χ2n) is 5.61. The van der Waals surface area contributed by atoms with Crippen LogP contribution in [0, 0.1) is 0 Å². The molecule has 0 aromatic heterocycles. The van der Waals surface area contributed by atoms with Gasteiger partial charge >= 0.3 is 0 Å². The summed E-state index contributed by atoms with van der Waals surface area (Å²) in [5.41, 5.74) is 3.19. The Morgan fingerprint density at radius 2 is 1.92 bits per heavy atom. The Bertz CT molecular complexity index is 761. The molecular weight excluding hydrogens is 400 g/mol. The van der Waals surface area contributed by atoms with Gasteiger partial charge < -0.3 is 14.2 Å². The lowest BCUT2D eigenvalue weighted by molar-refractivity contribution is -0.123. The van der Waals surface area contributed by atoms with Crippen LogP contribution in [0.15, 0.2) is 52.0 Å². The number of nitrogens with zero attached hydrogens (tertiary/aromatic N) is 1. The van der Waals surface area contributed by atoms with Gasteiger partial charge in [-0.3, -0.25) is 4.79 Å². The molecule has 0 aliphatic rings. The third-order valence-corrected chi connectivity index (χ3v) is 3.67. The zero-order valence-electron chi connectivity index (χ0n) is 14.9. The Morgan fingerprint density at radius 3 is 2.58 bits per heavy atom. The first-order valence-electron chi connectivity index (χ1n) is 8.03. The van der Waals surface area contributed by atoms with Crippen LogP contribution in [0.2, 0.25) is 0 Å². The molecule has 0 bridgehead atoms. The molecule has 0 saturated carbocycles. The molecule has 0 aliphatic carbocycles. The fourth-order valence-corrected chi connectivity index (χ4v) is 2.27. The van der Waals surface area contributed by atoms with E-state index in [4.69, 9.17) is 14.2 Å². The minimum atomic E-state index is -0.351. The van der Waals surface area contributed by atoms with E-state index in [0.717, 1.165) is 10.0 Å². The number of hydrogen-bond acceptors (Lipinski definition) is 5. The number of carbonyl (C=O) groups excluding carboxylic acids is 1. The van der Waals surface area contributed by atoms with Crippen molar-refractivity contribution in [2.75, 3.05) is 13.7 Å². The smallest absolute Gasteiger partial charge is 0.277 e. The number of benzene rings is 2. The van der Waals surface area contributed by atoms with Crippen LogP contribution in [0.3, 0.4) is 0 Å². The third kappa shape index (κ3) is 6.40. The Hall–Kier alpha value is -2.54. The molecule has 0 heterocycles. The summed E-state index contributed by atoms with van der Waals surface area (Å²) < 4.78 is 17.3. The molecule has 26 heavy (non-hydrogen) atoms. The van der Waals surface area contributed by atoms with Crippen LogP contribution in [-0.4, -0.2) is 31.9 Å². The molecular formula is C19H21BrN2O4. The minimum absolute atomic E-state index is 0.0495. The van der Waals surface area contributed by atoms with Crippen molar-refractivity contribution in [3.05, 3.63) is 52.5 Å². The van der Waals surface area contributed by atoms with Crippen molar-refractivity contribution in [2.45, 2.75) is 20.0 Å². The monoisotopic (exact) mass is 420 g/mol. The number of nitrogens with one attached hydrogen (secondary N) is 1. The summed E-state index contributed by atoms with van der Waals surface area (Å²) in [5.74, 6) is 1.52. The van der Waals surface area contributed by atoms with Crippen molar-refractivity contribution < 1.29 is 19.0 Å². The molecule has 0 radical (unpaired) electrons. The average molecular weight is 421 g/mol. The van der Waals surface area contributed by atoms with Crippen LogP contribution in [0.5, 0.6) is 17.2 Å². The molecule has 7 heteroatoms. The highest BCUT2D eigenvalue weighted by molar-refractivity contribution is 9.10. The van der Waals surface area contributed by atoms with Crippen molar-refractivity contribution in [3.63, 3.8) is 0 Å². The van der Waals surface area contributed by atoms with Gasteiger partial charge in [-0.2, -0.15) is 5.10 Å². The van der Waals surface area contributed by atoms with Crippen LogP contribution in [0.1, 0.15) is 19.4 Å². The van der Waals surface area contributed by atoms with Gasteiger partial charge in [0.05, 0.1) is 19.4 Å². The Morgan fingerprint density at radius 1 is 1.19 bits per heavy atom. The summed E-state index contributed by atoms with van der Waals surface area (Å²) in [6, 6.07) is 12.6. The molecule has 2 aromatic carbocycles. The average Bonchev–Trinajstić information content (AvgIpc) is 2.62. The van der Waals surface area contributed by atoms with E-state index in [1.807, 2.05) is 32.0 Å². The first kappa shape index (κ1) is 19.8. The number of hydrogen-bond donors (Lipinski definition) is 1. The van der Waals surface area contributed by atoms with Crippen LogP contribution >= 0.6 is 15.9 Å². The molecule has 6 nitrogen and oxygen atoms in total. The normalized spacial score (nSPS) is 10.8. The van der Waals surface area contributed by atoms with Crippen molar-refractivity contribution in [1.82, 2.24) is 5.43 Å². The number of carbonyl (C=O) groups is 1. The molecule has 0 fully saturated rings. The van der Waals surface area contributed by atoms with Crippen LogP contribution in [0.4, 0.5) is 0 Å². The van der Waals surface area contributed by atoms with Gasteiger partial charge in [0.1, 0.15) is 5.75 Å². The molecule has 2 rings (SSSR count). The number of amides is 1. The van der Waals surface area contributed by atoms with E-state index >= 15 is 0 Å². The maximum absolute atomic E-state index is 11.8. The fourth-order valence-electron chi connectivity index (χ4n) is 2.01. The standard InChI is InChI=1S/C19H21BrN2O4/c1-13(2)26-17-9-4-14(10-18(17)24-3)11-21-22-19(23)12-25-16-7-5-15(20)6-8-16/h4-11,13H,12H2,1-3H3,(H,22,23)/b21-11+. The van der Waals surface area contributed by atoms with Gasteiger partial charge in [0.25, 0.3) is 5.91 Å². The van der Waals surface area contributed by atoms with E-state index < -0.39 is 0 Å². The number of ether oxygens (including phenoxy) is 3. The maximum atomic E-state index is 11.8. The van der Waals surface area contributed by atoms with Crippen LogP contribution in [0.25, 0.3) is 0 Å². The molecule has 0 atom stereocenters. The number of hydrazone groups is 1. The molecule has 2 aromatic rings. The Kier molecular flexibility index (Phi) is 7.47. The first-order chi connectivity index (χ1) is 12.5. The van der Waals surface area contributed by atoms with E-state index in [1.165, 1.54) is 6.21 Å². The molecule has 138 valence electrons. The van der Waals surface area contributed by atoms with Crippen molar-refractivity contribution in [2.24, 2.45) is 5.10 Å². The zero-order chi connectivity index (χ0) is 18.9. The van der Waals surface area contributed by atoms with Gasteiger partial charge in [0.15, 0.2) is 18.1 Å². The Labute approximate surface area is 161 Å². The lowest BCUT2D eigenvalue weighted by Crippen LogP contribution is -2.24. The van der Waals surface area contributed by atoms with Crippen molar-refractivity contribution in [3.8, 4) is 17.2 Å². The van der Waals surface area contributed by atoms with Gasteiger partial charge in [0.2, 0.25) is 0 Å². The molecule has 0 spiro atoms. The summed E-state index contributed by atoms with van der Waals surface area (Å²) in [4.78, 5) is 11.8. The van der Waals surface area contributed by atoms with E-state index in [-0.39, 0.29) is 18.6 Å². The predicted octanol–water partition coefficient (Wildman–Crippen LogP) is 3.77. The SMILES string of the molecule is COc1cc(/C=N/NC(=O)COc2ccc(Br)cc2)ccc1OC(C)C. The highest BCUT2D eigenvalue weighted by atomic mass is 79.9. The van der Waals surface area contributed by atoms with E-state index in [9.17, 15) is 4.79 Å². The van der Waals surface area contributed by atoms with E-state index in [1.54, 1.807) is 31.4 Å². The van der Waals surface area contributed by atoms with Crippen molar-refractivity contribution in [1.29, 1.82) is 0 Å². The van der Waals surface area contributed by atoms with E-state index in [0.29, 0.717) is 17.2 Å². The molecule has 1 N–H and O–H groups in total. The summed E-state index contributed by atoms with van der Waals surface area (Å²) in [6.07, 6.45) is 1.58. The second kappa shape index (κ2) is 9.82. The number of halogens is 1. The molecule has 0 aliphatic heterocycles. The topological polar surface area (TPSA) is 69.2 Å². The molecule has 0 saturated heterocycles. The highest BCUT2D eigenvalue weighted by Crippen LogP contribution is 2.28. The van der Waals surface area contributed by atoms with E-state index in [2.05, 4.69) is 26.5 Å². The molecule has 0 unspecified atom stereocenters. The predicted molar refractivity (Wildman–Crippen MR) is 104 cm³/mol. The van der Waals surface area contributed by atoms with Gasteiger partial charge in [-0.25, -0.2) is 5.43 Å². The van der Waals surface area contributed by atoms with Crippen molar-refractivity contribution >= 4 is 28.1 Å². The lowest BCUT2D eigenvalue weighted by atomic mass is 10.2. The summed E-state index contributed by atoms with van der Waals surface area (Å²) in [7, 11) is 1.57. The summed E-state index contributed by atoms with van der Waals surface area (Å²) >= 11 is 3.34. The fraction of sp³-hybridized carbons (Fsp3) is 0.263. The number of methoxy groups -OCH3 is 1. The minimum Gasteiger partial charge on any atom is -0.493 e. The summed E-state index contributed by atoms with van der Waals surface area (Å²) in [6.45, 7) is 3.77. The maximum Gasteiger partial charge on any atom is 0.277 e. The van der Waals surface area contributed by atoms with Gasteiger partial charge in [0, 0.05) is 4.47 Å². The summed E-state index contributed by atoms with van der Waals surface area (Å²) in [5, 5.41) is 3.93. The quantitative estimate of drug-likeness (QED) is 0.521. The number of rotatable bonds is 8. The van der Waals surface area contributed by atoms with Gasteiger partial charge in [-0.15, -0.1) is 0 Å².